The molecule has 6 heteroatoms. The van der Waals surface area contributed by atoms with Crippen molar-refractivity contribution in [3.63, 3.8) is 0 Å². The molecule has 1 aromatic carbocycles. The summed E-state index contributed by atoms with van der Waals surface area (Å²) in [4.78, 5) is 8.09. The number of hydrogen-bond acceptors (Lipinski definition) is 5. The first kappa shape index (κ1) is 9.29. The van der Waals surface area contributed by atoms with Gasteiger partial charge in [-0.05, 0) is 23.8 Å². The molecular weight excluding hydrogens is 222 g/mol. The largest absolute Gasteiger partial charge is 0.368 e. The van der Waals surface area contributed by atoms with Crippen molar-refractivity contribution in [2.45, 2.75) is 6.54 Å². The van der Waals surface area contributed by atoms with E-state index in [2.05, 4.69) is 15.3 Å². The first-order chi connectivity index (χ1) is 7.74. The maximum atomic E-state index is 5.56. The van der Waals surface area contributed by atoms with E-state index in [0.29, 0.717) is 17.3 Å². The van der Waals surface area contributed by atoms with Gasteiger partial charge in [-0.3, -0.25) is 4.57 Å². The zero-order chi connectivity index (χ0) is 11.1. The van der Waals surface area contributed by atoms with Crippen LogP contribution in [0.25, 0.3) is 0 Å². The summed E-state index contributed by atoms with van der Waals surface area (Å²) in [5.41, 5.74) is 7.76. The van der Waals surface area contributed by atoms with Crippen molar-refractivity contribution in [2.75, 3.05) is 11.1 Å². The standard InChI is InChI=1S/C10H9N5S/c11-8-13-9-12-7-4-2-1-3-6(7)5-15(9)10(16)14-8/h1-4H,5H2,(H3,11,12,13,14,16). The van der Waals surface area contributed by atoms with Crippen LogP contribution in [-0.2, 0) is 6.54 Å². The second-order valence-corrected chi connectivity index (χ2v) is 3.92. The molecule has 0 saturated heterocycles. The van der Waals surface area contributed by atoms with E-state index in [1.807, 2.05) is 28.8 Å². The zero-order valence-corrected chi connectivity index (χ0v) is 9.16. The van der Waals surface area contributed by atoms with E-state index < -0.39 is 0 Å². The fraction of sp³-hybridized carbons (Fsp3) is 0.100. The minimum absolute atomic E-state index is 0.197. The van der Waals surface area contributed by atoms with Gasteiger partial charge in [0.15, 0.2) is 0 Å². The van der Waals surface area contributed by atoms with Gasteiger partial charge in [0, 0.05) is 5.69 Å². The van der Waals surface area contributed by atoms with Crippen LogP contribution in [-0.4, -0.2) is 14.5 Å². The van der Waals surface area contributed by atoms with E-state index in [0.717, 1.165) is 5.69 Å². The van der Waals surface area contributed by atoms with E-state index in [9.17, 15) is 0 Å². The van der Waals surface area contributed by atoms with Gasteiger partial charge in [-0.2, -0.15) is 9.97 Å². The summed E-state index contributed by atoms with van der Waals surface area (Å²) in [5, 5.41) is 3.19. The Labute approximate surface area is 97.0 Å². The fourth-order valence-corrected chi connectivity index (χ4v) is 2.00. The molecule has 0 unspecified atom stereocenters. The van der Waals surface area contributed by atoms with Crippen molar-refractivity contribution in [3.8, 4) is 0 Å². The van der Waals surface area contributed by atoms with Crippen LogP contribution in [0.2, 0.25) is 0 Å². The lowest BCUT2D eigenvalue weighted by Crippen LogP contribution is -2.18. The lowest BCUT2D eigenvalue weighted by molar-refractivity contribution is 0.726. The summed E-state index contributed by atoms with van der Waals surface area (Å²) >= 11 is 5.15. The molecule has 0 atom stereocenters. The Morgan fingerprint density at radius 3 is 3.00 bits per heavy atom. The molecule has 0 bridgehead atoms. The van der Waals surface area contributed by atoms with Crippen LogP contribution in [0.1, 0.15) is 5.56 Å². The van der Waals surface area contributed by atoms with Crippen LogP contribution in [0.4, 0.5) is 17.6 Å². The van der Waals surface area contributed by atoms with Crippen molar-refractivity contribution in [1.29, 1.82) is 0 Å². The summed E-state index contributed by atoms with van der Waals surface area (Å²) < 4.78 is 2.28. The number of aromatic nitrogens is 3. The number of hydrogen-bond donors (Lipinski definition) is 2. The highest BCUT2D eigenvalue weighted by atomic mass is 32.1. The lowest BCUT2D eigenvalue weighted by Gasteiger charge is -2.22. The molecule has 80 valence electrons. The molecule has 1 aliphatic heterocycles. The molecule has 3 N–H and O–H groups in total. The predicted molar refractivity (Wildman–Crippen MR) is 64.1 cm³/mol. The van der Waals surface area contributed by atoms with Crippen LogP contribution in [0.3, 0.4) is 0 Å². The molecule has 0 spiro atoms. The van der Waals surface area contributed by atoms with E-state index >= 15 is 0 Å². The normalized spacial score (nSPS) is 12.5. The smallest absolute Gasteiger partial charge is 0.225 e. The van der Waals surface area contributed by atoms with Gasteiger partial charge in [-0.15, -0.1) is 0 Å². The van der Waals surface area contributed by atoms with E-state index in [1.54, 1.807) is 0 Å². The number of fused-ring (bicyclic) bond motifs is 2. The summed E-state index contributed by atoms with van der Waals surface area (Å²) in [6, 6.07) is 8.01. The Kier molecular flexibility index (Phi) is 1.90. The molecule has 3 rings (SSSR count). The minimum Gasteiger partial charge on any atom is -0.368 e. The van der Waals surface area contributed by atoms with Crippen molar-refractivity contribution >= 4 is 29.8 Å². The van der Waals surface area contributed by atoms with E-state index in [1.165, 1.54) is 5.56 Å². The second-order valence-electron chi connectivity index (χ2n) is 3.56. The Bertz CT molecular complexity index is 619. The highest BCUT2D eigenvalue weighted by Crippen LogP contribution is 2.26. The highest BCUT2D eigenvalue weighted by Gasteiger charge is 2.15. The van der Waals surface area contributed by atoms with Gasteiger partial charge in [0.1, 0.15) is 0 Å². The van der Waals surface area contributed by atoms with Crippen LogP contribution >= 0.6 is 12.2 Å². The topological polar surface area (TPSA) is 68.8 Å². The van der Waals surface area contributed by atoms with E-state index in [4.69, 9.17) is 18.0 Å². The molecule has 0 radical (unpaired) electrons. The number of rotatable bonds is 0. The van der Waals surface area contributed by atoms with Gasteiger partial charge in [0.05, 0.1) is 6.54 Å². The first-order valence-corrected chi connectivity index (χ1v) is 5.24. The molecular formula is C10H9N5S. The maximum absolute atomic E-state index is 5.56. The SMILES string of the molecule is Nc1nc2n(c(=S)n1)Cc1ccccc1N2. The van der Waals surface area contributed by atoms with Gasteiger partial charge in [-0.25, -0.2) is 0 Å². The number of anilines is 3. The minimum atomic E-state index is 0.197. The summed E-state index contributed by atoms with van der Waals surface area (Å²) in [7, 11) is 0. The Morgan fingerprint density at radius 2 is 2.12 bits per heavy atom. The summed E-state index contributed by atoms with van der Waals surface area (Å²) in [6.07, 6.45) is 0. The molecule has 5 nitrogen and oxygen atoms in total. The molecule has 1 aliphatic rings. The number of nitrogen functional groups attached to an aromatic ring is 1. The molecule has 0 fully saturated rings. The molecule has 0 amide bonds. The quantitative estimate of drug-likeness (QED) is 0.576. The van der Waals surface area contributed by atoms with Gasteiger partial charge < -0.3 is 11.1 Å². The maximum Gasteiger partial charge on any atom is 0.225 e. The lowest BCUT2D eigenvalue weighted by atomic mass is 10.1. The number of benzene rings is 1. The average molecular weight is 231 g/mol. The Morgan fingerprint density at radius 1 is 1.31 bits per heavy atom. The number of para-hydroxylation sites is 1. The summed E-state index contributed by atoms with van der Waals surface area (Å²) in [5.74, 6) is 0.847. The van der Waals surface area contributed by atoms with Crippen molar-refractivity contribution in [1.82, 2.24) is 14.5 Å². The first-order valence-electron chi connectivity index (χ1n) is 4.83. The third-order valence-corrected chi connectivity index (χ3v) is 2.82. The zero-order valence-electron chi connectivity index (χ0n) is 8.34. The predicted octanol–water partition coefficient (Wildman–Crippen LogP) is 1.70. The number of nitrogens with two attached hydrogens (primary N) is 1. The Balaban J connectivity index is 2.19. The summed E-state index contributed by atoms with van der Waals surface area (Å²) in [6.45, 7) is 0.678. The third kappa shape index (κ3) is 1.35. The second kappa shape index (κ2) is 3.28. The van der Waals surface area contributed by atoms with Crippen molar-refractivity contribution in [3.05, 3.63) is 34.6 Å². The molecule has 0 saturated carbocycles. The van der Waals surface area contributed by atoms with Gasteiger partial charge in [0.25, 0.3) is 0 Å². The van der Waals surface area contributed by atoms with Gasteiger partial charge >= 0.3 is 0 Å². The molecule has 0 aliphatic carbocycles. The highest BCUT2D eigenvalue weighted by molar-refractivity contribution is 7.71. The fourth-order valence-electron chi connectivity index (χ4n) is 1.75. The van der Waals surface area contributed by atoms with E-state index in [-0.39, 0.29) is 5.95 Å². The van der Waals surface area contributed by atoms with Gasteiger partial charge in [0.2, 0.25) is 16.7 Å². The Hall–Kier alpha value is -1.95. The van der Waals surface area contributed by atoms with Crippen LogP contribution in [0.5, 0.6) is 0 Å². The molecule has 16 heavy (non-hydrogen) atoms. The monoisotopic (exact) mass is 231 g/mol. The molecule has 2 heterocycles. The molecule has 1 aromatic heterocycles. The molecule has 2 aromatic rings. The average Bonchev–Trinajstić information content (AvgIpc) is 2.27. The number of nitrogens with one attached hydrogen (secondary N) is 1. The third-order valence-electron chi connectivity index (χ3n) is 2.51. The van der Waals surface area contributed by atoms with Gasteiger partial charge in [-0.1, -0.05) is 18.2 Å². The number of nitrogens with zero attached hydrogens (tertiary/aromatic N) is 3. The van der Waals surface area contributed by atoms with Crippen molar-refractivity contribution < 1.29 is 0 Å². The van der Waals surface area contributed by atoms with Crippen LogP contribution in [0, 0.1) is 4.77 Å². The van der Waals surface area contributed by atoms with Crippen molar-refractivity contribution in [2.24, 2.45) is 0 Å². The van der Waals surface area contributed by atoms with Crippen LogP contribution in [0.15, 0.2) is 24.3 Å². The van der Waals surface area contributed by atoms with Crippen LogP contribution < -0.4 is 11.1 Å².